The van der Waals surface area contributed by atoms with Crippen molar-refractivity contribution >= 4 is 14.7 Å². The number of hydrogen-bond donors (Lipinski definition) is 1. The molecule has 0 aliphatic rings. The molecular weight excluding hydrogens is 262 g/mol. The molecule has 0 fully saturated rings. The molecule has 1 rings (SSSR count). The van der Waals surface area contributed by atoms with Gasteiger partial charge in [-0.1, -0.05) is 17.7 Å². The van der Waals surface area contributed by atoms with Crippen LogP contribution in [0.5, 0.6) is 0 Å². The van der Waals surface area contributed by atoms with Crippen molar-refractivity contribution in [1.29, 1.82) is 0 Å². The van der Waals surface area contributed by atoms with Crippen LogP contribution in [0.1, 0.15) is 15.9 Å². The summed E-state index contributed by atoms with van der Waals surface area (Å²) in [5.74, 6) is -0.105. The van der Waals surface area contributed by atoms with E-state index >= 15 is 0 Å². The molecule has 0 atom stereocenters. The van der Waals surface area contributed by atoms with Crippen LogP contribution in [-0.4, -0.2) is 42.6 Å². The highest BCUT2D eigenvalue weighted by Gasteiger charge is 2.37. The number of benzene rings is 1. The molecule has 0 saturated carbocycles. The standard InChI is InChI=1S/C13H21NO4Si/c1-11-5-7-12(8-6-11)13(15)14-9-10-19(16-2,17-3)18-4/h5-8H,9-10H2,1-4H3,(H,14,15). The molecular formula is C13H21NO4Si. The number of nitrogens with one attached hydrogen (secondary N) is 1. The second-order valence-corrected chi connectivity index (χ2v) is 7.26. The summed E-state index contributed by atoms with van der Waals surface area (Å²) < 4.78 is 15.8. The third-order valence-corrected chi connectivity index (χ3v) is 5.69. The minimum absolute atomic E-state index is 0.105. The van der Waals surface area contributed by atoms with Crippen LogP contribution in [0.25, 0.3) is 0 Å². The number of hydrogen-bond acceptors (Lipinski definition) is 4. The van der Waals surface area contributed by atoms with Gasteiger partial charge in [-0.2, -0.15) is 0 Å². The predicted octanol–water partition coefficient (Wildman–Crippen LogP) is 1.60. The molecule has 5 nitrogen and oxygen atoms in total. The van der Waals surface area contributed by atoms with Crippen molar-refractivity contribution < 1.29 is 18.1 Å². The molecule has 0 saturated heterocycles. The van der Waals surface area contributed by atoms with E-state index in [1.54, 1.807) is 33.5 Å². The van der Waals surface area contributed by atoms with Gasteiger partial charge in [0.1, 0.15) is 0 Å². The van der Waals surface area contributed by atoms with Crippen molar-refractivity contribution in [1.82, 2.24) is 5.32 Å². The molecule has 0 aromatic heterocycles. The number of carbonyl (C=O) groups excluding carboxylic acids is 1. The van der Waals surface area contributed by atoms with Gasteiger partial charge >= 0.3 is 8.80 Å². The van der Waals surface area contributed by atoms with Gasteiger partial charge in [-0.15, -0.1) is 0 Å². The smallest absolute Gasteiger partial charge is 0.377 e. The minimum Gasteiger partial charge on any atom is -0.377 e. The molecule has 0 unspecified atom stereocenters. The van der Waals surface area contributed by atoms with E-state index in [2.05, 4.69) is 5.32 Å². The number of aryl methyl sites for hydroxylation is 1. The Bertz CT molecular complexity index is 395. The molecule has 0 aliphatic carbocycles. The van der Waals surface area contributed by atoms with Gasteiger partial charge in [-0.3, -0.25) is 4.79 Å². The molecule has 0 aliphatic heterocycles. The molecule has 6 heteroatoms. The summed E-state index contributed by atoms with van der Waals surface area (Å²) >= 11 is 0. The monoisotopic (exact) mass is 283 g/mol. The second-order valence-electron chi connectivity index (χ2n) is 4.17. The third-order valence-electron chi connectivity index (χ3n) is 2.96. The Labute approximate surface area is 115 Å². The van der Waals surface area contributed by atoms with E-state index < -0.39 is 8.80 Å². The first-order chi connectivity index (χ1) is 9.06. The van der Waals surface area contributed by atoms with Gasteiger partial charge in [-0.25, -0.2) is 0 Å². The van der Waals surface area contributed by atoms with Crippen LogP contribution in [0.3, 0.4) is 0 Å². The largest absolute Gasteiger partial charge is 0.501 e. The minimum atomic E-state index is -2.61. The van der Waals surface area contributed by atoms with E-state index in [4.69, 9.17) is 13.3 Å². The normalized spacial score (nSPS) is 11.4. The number of rotatable bonds is 7. The fraction of sp³-hybridized carbons (Fsp3) is 0.462. The fourth-order valence-corrected chi connectivity index (χ4v) is 3.24. The zero-order valence-electron chi connectivity index (χ0n) is 11.9. The Hall–Kier alpha value is -1.21. The first-order valence-corrected chi connectivity index (χ1v) is 8.00. The van der Waals surface area contributed by atoms with E-state index in [-0.39, 0.29) is 5.91 Å². The van der Waals surface area contributed by atoms with E-state index in [0.29, 0.717) is 18.2 Å². The van der Waals surface area contributed by atoms with E-state index in [1.165, 1.54) is 0 Å². The van der Waals surface area contributed by atoms with E-state index in [9.17, 15) is 4.79 Å². The molecule has 1 aromatic rings. The lowest BCUT2D eigenvalue weighted by Gasteiger charge is -2.24. The van der Waals surface area contributed by atoms with Crippen LogP contribution < -0.4 is 5.32 Å². The quantitative estimate of drug-likeness (QED) is 0.772. The van der Waals surface area contributed by atoms with Crippen molar-refractivity contribution in [2.75, 3.05) is 27.9 Å². The maximum absolute atomic E-state index is 11.9. The molecule has 1 amide bonds. The molecule has 1 aromatic carbocycles. The summed E-state index contributed by atoms with van der Waals surface area (Å²) in [5, 5.41) is 2.83. The molecule has 0 radical (unpaired) electrons. The maximum Gasteiger partial charge on any atom is 0.501 e. The average Bonchev–Trinajstić information content (AvgIpc) is 2.45. The summed E-state index contributed by atoms with van der Waals surface area (Å²) in [6.07, 6.45) is 0. The fourth-order valence-electron chi connectivity index (χ4n) is 1.69. The van der Waals surface area contributed by atoms with Gasteiger partial charge in [-0.05, 0) is 19.1 Å². The van der Waals surface area contributed by atoms with Crippen LogP contribution in [0.2, 0.25) is 6.04 Å². The summed E-state index contributed by atoms with van der Waals surface area (Å²) in [4.78, 5) is 11.9. The van der Waals surface area contributed by atoms with Gasteiger partial charge < -0.3 is 18.6 Å². The SMILES string of the molecule is CO[Si](CCNC(=O)c1ccc(C)cc1)(OC)OC. The number of amides is 1. The van der Waals surface area contributed by atoms with Gasteiger partial charge in [0, 0.05) is 39.5 Å². The first-order valence-electron chi connectivity index (χ1n) is 6.07. The Morgan fingerprint density at radius 3 is 2.11 bits per heavy atom. The van der Waals surface area contributed by atoms with Crippen LogP contribution in [0, 0.1) is 6.92 Å². The maximum atomic E-state index is 11.9. The zero-order chi connectivity index (χ0) is 14.3. The summed E-state index contributed by atoms with van der Waals surface area (Å²) in [6, 6.07) is 7.96. The van der Waals surface area contributed by atoms with Crippen molar-refractivity contribution in [3.63, 3.8) is 0 Å². The average molecular weight is 283 g/mol. The predicted molar refractivity (Wildman–Crippen MR) is 75.1 cm³/mol. The van der Waals surface area contributed by atoms with Crippen LogP contribution in [0.15, 0.2) is 24.3 Å². The highest BCUT2D eigenvalue weighted by atomic mass is 28.4. The van der Waals surface area contributed by atoms with E-state index in [1.807, 2.05) is 19.1 Å². The van der Waals surface area contributed by atoms with Gasteiger partial charge in [0.25, 0.3) is 5.91 Å². The zero-order valence-corrected chi connectivity index (χ0v) is 12.9. The lowest BCUT2D eigenvalue weighted by molar-refractivity contribution is 0.0948. The van der Waals surface area contributed by atoms with Crippen molar-refractivity contribution in [2.24, 2.45) is 0 Å². The molecule has 19 heavy (non-hydrogen) atoms. The Balaban J connectivity index is 2.48. The van der Waals surface area contributed by atoms with Crippen LogP contribution in [-0.2, 0) is 13.3 Å². The van der Waals surface area contributed by atoms with Gasteiger partial charge in [0.05, 0.1) is 0 Å². The topological polar surface area (TPSA) is 56.8 Å². The molecule has 1 N–H and O–H groups in total. The van der Waals surface area contributed by atoms with Crippen LogP contribution >= 0.6 is 0 Å². The summed E-state index contributed by atoms with van der Waals surface area (Å²) in [7, 11) is 2.06. The molecule has 0 spiro atoms. The lowest BCUT2D eigenvalue weighted by atomic mass is 10.1. The molecule has 0 heterocycles. The molecule has 106 valence electrons. The Morgan fingerprint density at radius 2 is 1.63 bits per heavy atom. The Morgan fingerprint density at radius 1 is 1.11 bits per heavy atom. The van der Waals surface area contributed by atoms with Crippen LogP contribution in [0.4, 0.5) is 0 Å². The highest BCUT2D eigenvalue weighted by Crippen LogP contribution is 2.11. The lowest BCUT2D eigenvalue weighted by Crippen LogP contribution is -2.45. The second kappa shape index (κ2) is 7.39. The number of carbonyl (C=O) groups is 1. The van der Waals surface area contributed by atoms with Crippen molar-refractivity contribution in [3.05, 3.63) is 35.4 Å². The molecule has 0 bridgehead atoms. The van der Waals surface area contributed by atoms with Gasteiger partial charge in [0.15, 0.2) is 0 Å². The Kier molecular flexibility index (Phi) is 6.17. The van der Waals surface area contributed by atoms with Crippen molar-refractivity contribution in [3.8, 4) is 0 Å². The summed E-state index contributed by atoms with van der Waals surface area (Å²) in [6.45, 7) is 2.44. The van der Waals surface area contributed by atoms with E-state index in [0.717, 1.165) is 5.56 Å². The highest BCUT2D eigenvalue weighted by molar-refractivity contribution is 6.60. The van der Waals surface area contributed by atoms with Gasteiger partial charge in [0.2, 0.25) is 0 Å². The summed E-state index contributed by atoms with van der Waals surface area (Å²) in [5.41, 5.74) is 1.77. The third kappa shape index (κ3) is 4.43. The van der Waals surface area contributed by atoms with Crippen molar-refractivity contribution in [2.45, 2.75) is 13.0 Å². The first kappa shape index (κ1) is 15.8.